The number of nitrogens with one attached hydrogen (secondary N) is 1. The largest absolute Gasteiger partial charge is 0.491 e. The predicted molar refractivity (Wildman–Crippen MR) is 66.2 cm³/mol. The van der Waals surface area contributed by atoms with Gasteiger partial charge >= 0.3 is 5.97 Å². The summed E-state index contributed by atoms with van der Waals surface area (Å²) in [7, 11) is 3.97. The lowest BCUT2D eigenvalue weighted by Crippen LogP contribution is -2.28. The van der Waals surface area contributed by atoms with Gasteiger partial charge in [-0.05, 0) is 26.2 Å². The molecule has 0 amide bonds. The number of carboxylic acids is 1. The first-order valence-electron chi connectivity index (χ1n) is 5.74. The quantitative estimate of drug-likeness (QED) is 0.724. The van der Waals surface area contributed by atoms with Gasteiger partial charge in [-0.3, -0.25) is 5.01 Å². The number of allylic oxidation sites excluding steroid dienone is 2. The van der Waals surface area contributed by atoms with Crippen LogP contribution < -0.4 is 5.43 Å². The standard InChI is InChI=1S/C12H17N3O3/c1-14(2)5-6-18-9-3-4-11-10(12(16)17)7-13-15(11)8-9/h3-4,8,13H,5-7H2,1-2H3,(H,16,17). The zero-order chi connectivity index (χ0) is 13.1. The van der Waals surface area contributed by atoms with E-state index in [0.717, 1.165) is 12.3 Å². The topological polar surface area (TPSA) is 65.0 Å². The summed E-state index contributed by atoms with van der Waals surface area (Å²) in [6.45, 7) is 1.76. The summed E-state index contributed by atoms with van der Waals surface area (Å²) in [5.41, 5.74) is 4.02. The van der Waals surface area contributed by atoms with Crippen molar-refractivity contribution in [1.82, 2.24) is 15.3 Å². The van der Waals surface area contributed by atoms with Gasteiger partial charge in [-0.25, -0.2) is 10.2 Å². The van der Waals surface area contributed by atoms with Gasteiger partial charge in [0.15, 0.2) is 0 Å². The van der Waals surface area contributed by atoms with Gasteiger partial charge in [0, 0.05) is 13.1 Å². The van der Waals surface area contributed by atoms with Crippen LogP contribution in [0, 0.1) is 0 Å². The molecule has 0 radical (unpaired) electrons. The van der Waals surface area contributed by atoms with Crippen molar-refractivity contribution in [1.29, 1.82) is 0 Å². The van der Waals surface area contributed by atoms with Gasteiger partial charge in [0.25, 0.3) is 0 Å². The average Bonchev–Trinajstić information content (AvgIpc) is 2.71. The number of rotatable bonds is 5. The van der Waals surface area contributed by atoms with Crippen molar-refractivity contribution >= 4 is 5.97 Å². The van der Waals surface area contributed by atoms with Crippen LogP contribution in [0.5, 0.6) is 0 Å². The number of hydrogen-bond acceptors (Lipinski definition) is 5. The van der Waals surface area contributed by atoms with Crippen molar-refractivity contribution < 1.29 is 14.6 Å². The molecule has 6 heteroatoms. The Morgan fingerprint density at radius 3 is 3.00 bits per heavy atom. The second-order valence-electron chi connectivity index (χ2n) is 4.39. The van der Waals surface area contributed by atoms with Crippen molar-refractivity contribution in [3.63, 3.8) is 0 Å². The van der Waals surface area contributed by atoms with E-state index in [1.165, 1.54) is 0 Å². The first-order chi connectivity index (χ1) is 8.58. The van der Waals surface area contributed by atoms with Crippen LogP contribution in [-0.2, 0) is 9.53 Å². The molecule has 2 aliphatic heterocycles. The van der Waals surface area contributed by atoms with Crippen LogP contribution in [0.2, 0.25) is 0 Å². The van der Waals surface area contributed by atoms with E-state index in [1.54, 1.807) is 23.4 Å². The third kappa shape index (κ3) is 2.72. The normalized spacial score (nSPS) is 18.2. The number of nitrogens with zero attached hydrogens (tertiary/aromatic N) is 2. The van der Waals surface area contributed by atoms with Crippen molar-refractivity contribution in [2.45, 2.75) is 0 Å². The Hall–Kier alpha value is -1.79. The number of carboxylic acid groups (broad SMARTS) is 1. The van der Waals surface area contributed by atoms with Gasteiger partial charge in [-0.15, -0.1) is 0 Å². The van der Waals surface area contributed by atoms with Crippen molar-refractivity contribution in [3.8, 4) is 0 Å². The van der Waals surface area contributed by atoms with Gasteiger partial charge < -0.3 is 14.7 Å². The molecule has 98 valence electrons. The van der Waals surface area contributed by atoms with E-state index in [2.05, 4.69) is 5.43 Å². The third-order valence-corrected chi connectivity index (χ3v) is 2.72. The van der Waals surface area contributed by atoms with Gasteiger partial charge in [0.2, 0.25) is 0 Å². The fourth-order valence-corrected chi connectivity index (χ4v) is 1.73. The van der Waals surface area contributed by atoms with Crippen LogP contribution in [-0.4, -0.2) is 54.8 Å². The summed E-state index contributed by atoms with van der Waals surface area (Å²) in [6, 6.07) is 0. The molecule has 0 unspecified atom stereocenters. The first kappa shape index (κ1) is 12.7. The van der Waals surface area contributed by atoms with E-state index in [4.69, 9.17) is 9.84 Å². The molecule has 0 spiro atoms. The summed E-state index contributed by atoms with van der Waals surface area (Å²) in [5.74, 6) is -0.172. The lowest BCUT2D eigenvalue weighted by molar-refractivity contribution is -0.132. The minimum atomic E-state index is -0.893. The van der Waals surface area contributed by atoms with Crippen LogP contribution in [0.15, 0.2) is 35.4 Å². The lowest BCUT2D eigenvalue weighted by atomic mass is 10.2. The molecule has 0 atom stereocenters. The first-order valence-corrected chi connectivity index (χ1v) is 5.74. The van der Waals surface area contributed by atoms with E-state index < -0.39 is 5.97 Å². The third-order valence-electron chi connectivity index (χ3n) is 2.72. The molecule has 18 heavy (non-hydrogen) atoms. The van der Waals surface area contributed by atoms with E-state index in [0.29, 0.717) is 24.4 Å². The number of aliphatic carboxylic acids is 1. The molecule has 2 rings (SSSR count). The van der Waals surface area contributed by atoms with E-state index in [-0.39, 0.29) is 0 Å². The Morgan fingerprint density at radius 1 is 1.56 bits per heavy atom. The highest BCUT2D eigenvalue weighted by Crippen LogP contribution is 2.23. The Bertz CT molecular complexity index is 438. The molecule has 2 aliphatic rings. The summed E-state index contributed by atoms with van der Waals surface area (Å²) >= 11 is 0. The molecule has 0 aliphatic carbocycles. The van der Waals surface area contributed by atoms with Crippen molar-refractivity contribution in [3.05, 3.63) is 35.4 Å². The SMILES string of the molecule is CN(C)CCOC1=CN2NCC(C(=O)O)=C2C=C1. The Morgan fingerprint density at radius 2 is 2.33 bits per heavy atom. The maximum Gasteiger partial charge on any atom is 0.335 e. The van der Waals surface area contributed by atoms with Gasteiger partial charge in [-0.2, -0.15) is 0 Å². The van der Waals surface area contributed by atoms with Crippen LogP contribution >= 0.6 is 0 Å². The van der Waals surface area contributed by atoms with E-state index in [9.17, 15) is 4.79 Å². The highest BCUT2D eigenvalue weighted by molar-refractivity contribution is 5.89. The van der Waals surface area contributed by atoms with Gasteiger partial charge in [0.1, 0.15) is 12.4 Å². The molecule has 6 nitrogen and oxygen atoms in total. The maximum atomic E-state index is 11.0. The lowest BCUT2D eigenvalue weighted by Gasteiger charge is -2.21. The molecular weight excluding hydrogens is 234 g/mol. The predicted octanol–water partition coefficient (Wildman–Crippen LogP) is 0.135. The summed E-state index contributed by atoms with van der Waals surface area (Å²) in [5, 5.41) is 10.7. The molecule has 0 aromatic rings. The number of fused-ring (bicyclic) bond motifs is 1. The Balaban J connectivity index is 1.98. The molecule has 0 aromatic carbocycles. The van der Waals surface area contributed by atoms with Crippen molar-refractivity contribution in [2.24, 2.45) is 0 Å². The summed E-state index contributed by atoms with van der Waals surface area (Å²) in [4.78, 5) is 13.0. The number of likely N-dealkylation sites (N-methyl/N-ethyl adjacent to an activating group) is 1. The zero-order valence-corrected chi connectivity index (χ0v) is 10.5. The maximum absolute atomic E-state index is 11.0. The molecular formula is C12H17N3O3. The highest BCUT2D eigenvalue weighted by atomic mass is 16.5. The Labute approximate surface area is 106 Å². The Kier molecular flexibility index (Phi) is 3.69. The van der Waals surface area contributed by atoms with Gasteiger partial charge in [0.05, 0.1) is 17.5 Å². The molecule has 0 fully saturated rings. The molecule has 0 bridgehead atoms. The fraction of sp³-hybridized carbons (Fsp3) is 0.417. The average molecular weight is 251 g/mol. The molecule has 2 heterocycles. The number of hydrogen-bond donors (Lipinski definition) is 2. The number of carbonyl (C=O) groups is 1. The minimum absolute atomic E-state index is 0.330. The molecule has 2 N–H and O–H groups in total. The second-order valence-corrected chi connectivity index (χ2v) is 4.39. The molecule has 0 saturated carbocycles. The summed E-state index contributed by atoms with van der Waals surface area (Å²) in [6.07, 6.45) is 5.31. The zero-order valence-electron chi connectivity index (χ0n) is 10.5. The van der Waals surface area contributed by atoms with Crippen LogP contribution in [0.3, 0.4) is 0 Å². The van der Waals surface area contributed by atoms with Crippen LogP contribution in [0.25, 0.3) is 0 Å². The van der Waals surface area contributed by atoms with Crippen LogP contribution in [0.4, 0.5) is 0 Å². The monoisotopic (exact) mass is 251 g/mol. The minimum Gasteiger partial charge on any atom is -0.491 e. The smallest absolute Gasteiger partial charge is 0.335 e. The molecule has 0 saturated heterocycles. The fourth-order valence-electron chi connectivity index (χ4n) is 1.73. The van der Waals surface area contributed by atoms with Gasteiger partial charge in [-0.1, -0.05) is 0 Å². The van der Waals surface area contributed by atoms with E-state index in [1.807, 2.05) is 19.0 Å². The van der Waals surface area contributed by atoms with Crippen molar-refractivity contribution in [2.75, 3.05) is 33.8 Å². The van der Waals surface area contributed by atoms with E-state index >= 15 is 0 Å². The molecule has 0 aromatic heterocycles. The summed E-state index contributed by atoms with van der Waals surface area (Å²) < 4.78 is 5.58. The second kappa shape index (κ2) is 5.24. The number of hydrazine groups is 1. The van der Waals surface area contributed by atoms with Crippen LogP contribution in [0.1, 0.15) is 0 Å². The highest BCUT2D eigenvalue weighted by Gasteiger charge is 2.26. The number of ether oxygens (including phenoxy) is 1.